The van der Waals surface area contributed by atoms with Gasteiger partial charge in [-0.2, -0.15) is 0 Å². The third-order valence-electron chi connectivity index (χ3n) is 2.17. The van der Waals surface area contributed by atoms with E-state index >= 15 is 0 Å². The minimum Gasteiger partial charge on any atom is -0.355 e. The van der Waals surface area contributed by atoms with Crippen LogP contribution >= 0.6 is 0 Å². The second-order valence-corrected chi connectivity index (χ2v) is 3.45. The highest BCUT2D eigenvalue weighted by atomic mass is 16.2. The molecule has 3 nitrogen and oxygen atoms in total. The Kier molecular flexibility index (Phi) is 4.54. The molecule has 0 saturated heterocycles. The highest BCUT2D eigenvalue weighted by molar-refractivity contribution is 5.91. The molecular weight excluding hydrogens is 190 g/mol. The zero-order chi connectivity index (χ0) is 11.1. The lowest BCUT2D eigenvalue weighted by Gasteiger charge is -2.06. The molecule has 1 rings (SSSR count). The van der Waals surface area contributed by atoms with Gasteiger partial charge in [0, 0.05) is 6.54 Å². The van der Waals surface area contributed by atoms with E-state index in [1.165, 1.54) is 5.56 Å². The number of aldehydes is 1. The Labute approximate surface area is 89.5 Å². The number of carbonyl (C=O) groups excluding carboxylic acids is 2. The predicted octanol–water partition coefficient (Wildman–Crippen LogP) is 1.18. The summed E-state index contributed by atoms with van der Waals surface area (Å²) in [6, 6.07) is 9.90. The van der Waals surface area contributed by atoms with Crippen molar-refractivity contribution in [2.45, 2.75) is 13.3 Å². The van der Waals surface area contributed by atoms with Crippen molar-refractivity contribution in [1.29, 1.82) is 0 Å². The Hall–Kier alpha value is -1.64. The first-order chi connectivity index (χ1) is 7.24. The number of nitrogens with one attached hydrogen (secondary N) is 1. The maximum absolute atomic E-state index is 11.2. The number of hydrogen-bond acceptors (Lipinski definition) is 2. The molecule has 0 saturated carbocycles. The van der Waals surface area contributed by atoms with E-state index in [0.29, 0.717) is 12.8 Å². The zero-order valence-electron chi connectivity index (χ0n) is 8.77. The smallest absolute Gasteiger partial charge is 0.230 e. The molecule has 0 bridgehead atoms. The number of amides is 1. The average molecular weight is 205 g/mol. The average Bonchev–Trinajstić information content (AvgIpc) is 2.29. The van der Waals surface area contributed by atoms with Gasteiger partial charge in [-0.05, 0) is 18.9 Å². The predicted molar refractivity (Wildman–Crippen MR) is 58.4 cm³/mol. The molecule has 80 valence electrons. The summed E-state index contributed by atoms with van der Waals surface area (Å²) in [5.41, 5.74) is 1.18. The van der Waals surface area contributed by atoms with Gasteiger partial charge < -0.3 is 10.1 Å². The van der Waals surface area contributed by atoms with E-state index in [9.17, 15) is 9.59 Å². The standard InChI is InChI=1S/C12H15NO2/c1-10(9-14)12(15)13-8-7-11-5-3-2-4-6-11/h2-6,9-10H,7-8H2,1H3,(H,13,15). The second-order valence-electron chi connectivity index (χ2n) is 3.45. The first kappa shape index (κ1) is 11.4. The van der Waals surface area contributed by atoms with Crippen LogP contribution in [0.15, 0.2) is 30.3 Å². The minimum atomic E-state index is -0.555. The first-order valence-electron chi connectivity index (χ1n) is 5.01. The molecule has 1 unspecified atom stereocenters. The number of rotatable bonds is 5. The Morgan fingerprint density at radius 2 is 2.07 bits per heavy atom. The lowest BCUT2D eigenvalue weighted by molar-refractivity contribution is -0.128. The number of carbonyl (C=O) groups is 2. The van der Waals surface area contributed by atoms with E-state index in [4.69, 9.17) is 0 Å². The van der Waals surface area contributed by atoms with Gasteiger partial charge >= 0.3 is 0 Å². The SMILES string of the molecule is CC(C=O)C(=O)NCCc1ccccc1. The van der Waals surface area contributed by atoms with Gasteiger partial charge in [0.25, 0.3) is 0 Å². The molecule has 15 heavy (non-hydrogen) atoms. The third kappa shape index (κ3) is 3.94. The van der Waals surface area contributed by atoms with Gasteiger partial charge in [-0.3, -0.25) is 4.79 Å². The van der Waals surface area contributed by atoms with Crippen molar-refractivity contribution in [3.63, 3.8) is 0 Å². The quantitative estimate of drug-likeness (QED) is 0.579. The van der Waals surface area contributed by atoms with Crippen LogP contribution in [0.25, 0.3) is 0 Å². The zero-order valence-corrected chi connectivity index (χ0v) is 8.77. The molecule has 1 aromatic carbocycles. The monoisotopic (exact) mass is 205 g/mol. The summed E-state index contributed by atoms with van der Waals surface area (Å²) in [5, 5.41) is 2.71. The fraction of sp³-hybridized carbons (Fsp3) is 0.333. The molecule has 0 fully saturated rings. The molecule has 0 heterocycles. The van der Waals surface area contributed by atoms with Crippen LogP contribution in [0.4, 0.5) is 0 Å². The van der Waals surface area contributed by atoms with Crippen LogP contribution in [0.3, 0.4) is 0 Å². The molecular formula is C12H15NO2. The molecule has 1 amide bonds. The molecule has 1 atom stereocenters. The van der Waals surface area contributed by atoms with Crippen molar-refractivity contribution in [2.75, 3.05) is 6.54 Å². The van der Waals surface area contributed by atoms with Gasteiger partial charge in [0.2, 0.25) is 5.91 Å². The number of hydrogen-bond donors (Lipinski definition) is 1. The topological polar surface area (TPSA) is 46.2 Å². The largest absolute Gasteiger partial charge is 0.355 e. The summed E-state index contributed by atoms with van der Waals surface area (Å²) in [4.78, 5) is 21.5. The van der Waals surface area contributed by atoms with Crippen LogP contribution < -0.4 is 5.32 Å². The van der Waals surface area contributed by atoms with E-state index in [1.807, 2.05) is 30.3 Å². The lowest BCUT2D eigenvalue weighted by Crippen LogP contribution is -2.31. The van der Waals surface area contributed by atoms with E-state index < -0.39 is 5.92 Å². The highest BCUT2D eigenvalue weighted by Crippen LogP contribution is 1.98. The summed E-state index contributed by atoms with van der Waals surface area (Å²) >= 11 is 0. The fourth-order valence-electron chi connectivity index (χ4n) is 1.20. The van der Waals surface area contributed by atoms with Gasteiger partial charge in [-0.25, -0.2) is 0 Å². The van der Waals surface area contributed by atoms with Crippen molar-refractivity contribution in [3.05, 3.63) is 35.9 Å². The molecule has 0 aliphatic rings. The lowest BCUT2D eigenvalue weighted by atomic mass is 10.1. The van der Waals surface area contributed by atoms with Crippen molar-refractivity contribution in [2.24, 2.45) is 5.92 Å². The van der Waals surface area contributed by atoms with Gasteiger partial charge in [0.15, 0.2) is 0 Å². The Morgan fingerprint density at radius 1 is 1.40 bits per heavy atom. The van der Waals surface area contributed by atoms with E-state index in [2.05, 4.69) is 5.32 Å². The molecule has 0 radical (unpaired) electrons. The van der Waals surface area contributed by atoms with Gasteiger partial charge in [-0.15, -0.1) is 0 Å². The van der Waals surface area contributed by atoms with Crippen LogP contribution in [-0.4, -0.2) is 18.7 Å². The van der Waals surface area contributed by atoms with Crippen molar-refractivity contribution in [3.8, 4) is 0 Å². The Balaban J connectivity index is 2.28. The van der Waals surface area contributed by atoms with Gasteiger partial charge in [0.1, 0.15) is 6.29 Å². The summed E-state index contributed by atoms with van der Waals surface area (Å²) < 4.78 is 0. The maximum Gasteiger partial charge on any atom is 0.230 e. The third-order valence-corrected chi connectivity index (χ3v) is 2.17. The summed E-state index contributed by atoms with van der Waals surface area (Å²) in [6.07, 6.45) is 1.44. The van der Waals surface area contributed by atoms with Crippen LogP contribution in [0.5, 0.6) is 0 Å². The second kappa shape index (κ2) is 5.96. The van der Waals surface area contributed by atoms with Crippen molar-refractivity contribution >= 4 is 12.2 Å². The molecule has 1 aromatic rings. The van der Waals surface area contributed by atoms with Crippen LogP contribution in [0, 0.1) is 5.92 Å². The van der Waals surface area contributed by atoms with E-state index in [0.717, 1.165) is 6.42 Å². The normalized spacial score (nSPS) is 11.8. The number of benzene rings is 1. The summed E-state index contributed by atoms with van der Waals surface area (Å²) in [7, 11) is 0. The van der Waals surface area contributed by atoms with Crippen LogP contribution in [0.2, 0.25) is 0 Å². The Morgan fingerprint density at radius 3 is 2.67 bits per heavy atom. The van der Waals surface area contributed by atoms with Crippen molar-refractivity contribution < 1.29 is 9.59 Å². The fourth-order valence-corrected chi connectivity index (χ4v) is 1.20. The van der Waals surface area contributed by atoms with Crippen molar-refractivity contribution in [1.82, 2.24) is 5.32 Å². The molecule has 3 heteroatoms. The first-order valence-corrected chi connectivity index (χ1v) is 5.01. The van der Waals surface area contributed by atoms with Gasteiger partial charge in [0.05, 0.1) is 5.92 Å². The van der Waals surface area contributed by atoms with E-state index in [1.54, 1.807) is 6.92 Å². The molecule has 0 aromatic heterocycles. The Bertz CT molecular complexity index is 322. The maximum atomic E-state index is 11.2. The minimum absolute atomic E-state index is 0.207. The summed E-state index contributed by atoms with van der Waals surface area (Å²) in [6.45, 7) is 2.16. The molecule has 0 aliphatic heterocycles. The molecule has 0 spiro atoms. The molecule has 0 aliphatic carbocycles. The highest BCUT2D eigenvalue weighted by Gasteiger charge is 2.09. The molecule has 1 N–H and O–H groups in total. The van der Waals surface area contributed by atoms with Crippen LogP contribution in [0.1, 0.15) is 12.5 Å². The van der Waals surface area contributed by atoms with E-state index in [-0.39, 0.29) is 5.91 Å². The van der Waals surface area contributed by atoms with Crippen LogP contribution in [-0.2, 0) is 16.0 Å². The summed E-state index contributed by atoms with van der Waals surface area (Å²) in [5.74, 6) is -0.762. The van der Waals surface area contributed by atoms with Gasteiger partial charge in [-0.1, -0.05) is 30.3 Å².